The monoisotopic (exact) mass is 233 g/mol. The van der Waals surface area contributed by atoms with Gasteiger partial charge in [-0.05, 0) is 18.2 Å². The van der Waals surface area contributed by atoms with Crippen LogP contribution in [-0.2, 0) is 9.84 Å². The Kier molecular flexibility index (Phi) is 3.65. The summed E-state index contributed by atoms with van der Waals surface area (Å²) in [4.78, 5) is -0.125. The lowest BCUT2D eigenvalue weighted by molar-refractivity contribution is 0.411. The number of alkyl halides is 1. The third kappa shape index (κ3) is 2.45. The van der Waals surface area contributed by atoms with Crippen molar-refractivity contribution >= 4 is 9.84 Å². The van der Waals surface area contributed by atoms with E-state index in [4.69, 9.17) is 10.5 Å². The Labute approximate surface area is 87.8 Å². The van der Waals surface area contributed by atoms with Crippen LogP contribution in [0.4, 0.5) is 4.39 Å². The Balaban J connectivity index is 3.16. The molecule has 0 saturated carbocycles. The van der Waals surface area contributed by atoms with Crippen molar-refractivity contribution < 1.29 is 17.5 Å². The number of ether oxygens (including phenoxy) is 1. The maximum Gasteiger partial charge on any atom is 0.217 e. The van der Waals surface area contributed by atoms with E-state index in [-0.39, 0.29) is 4.90 Å². The molecule has 0 saturated heterocycles. The Morgan fingerprint density at radius 1 is 1.53 bits per heavy atom. The first-order valence-corrected chi connectivity index (χ1v) is 5.79. The zero-order chi connectivity index (χ0) is 11.5. The molecule has 84 valence electrons. The second-order valence-electron chi connectivity index (χ2n) is 2.87. The second kappa shape index (κ2) is 4.59. The molecule has 0 radical (unpaired) electrons. The lowest BCUT2D eigenvalue weighted by Crippen LogP contribution is -2.25. The van der Waals surface area contributed by atoms with Gasteiger partial charge in [0.2, 0.25) is 15.3 Å². The number of hydrogen-bond donors (Lipinski definition) is 1. The molecule has 1 aromatic carbocycles. The summed E-state index contributed by atoms with van der Waals surface area (Å²) in [6.07, 6.45) is 0. The van der Waals surface area contributed by atoms with Crippen molar-refractivity contribution in [2.45, 2.75) is 10.4 Å². The summed E-state index contributed by atoms with van der Waals surface area (Å²) in [6, 6.07) is 5.63. The van der Waals surface area contributed by atoms with E-state index >= 15 is 0 Å². The number of nitrogens with two attached hydrogens (primary N) is 1. The number of halogens is 1. The average molecular weight is 233 g/mol. The van der Waals surface area contributed by atoms with Crippen molar-refractivity contribution in [3.05, 3.63) is 24.3 Å². The van der Waals surface area contributed by atoms with Gasteiger partial charge >= 0.3 is 0 Å². The maximum absolute atomic E-state index is 13.1. The highest BCUT2D eigenvalue weighted by Crippen LogP contribution is 2.21. The summed E-state index contributed by atoms with van der Waals surface area (Å²) < 4.78 is 41.0. The van der Waals surface area contributed by atoms with Crippen LogP contribution in [0, 0.1) is 0 Å². The van der Waals surface area contributed by atoms with Crippen LogP contribution in [0.2, 0.25) is 0 Å². The van der Waals surface area contributed by atoms with E-state index in [9.17, 15) is 12.8 Å². The Morgan fingerprint density at radius 2 is 2.20 bits per heavy atom. The summed E-state index contributed by atoms with van der Waals surface area (Å²) >= 11 is 0. The highest BCUT2D eigenvalue weighted by Gasteiger charge is 2.25. The quantitative estimate of drug-likeness (QED) is 0.832. The highest BCUT2D eigenvalue weighted by atomic mass is 32.2. The fourth-order valence-corrected chi connectivity index (χ4v) is 2.15. The summed E-state index contributed by atoms with van der Waals surface area (Å²) in [5, 5.41) is 0. The van der Waals surface area contributed by atoms with Crippen molar-refractivity contribution in [3.8, 4) is 5.75 Å². The largest absolute Gasteiger partial charge is 0.497 e. The third-order valence-corrected chi connectivity index (χ3v) is 3.67. The Hall–Kier alpha value is -1.14. The molecule has 15 heavy (non-hydrogen) atoms. The molecule has 0 heterocycles. The van der Waals surface area contributed by atoms with Gasteiger partial charge in [0, 0.05) is 6.54 Å². The molecule has 0 aliphatic carbocycles. The van der Waals surface area contributed by atoms with Crippen LogP contribution >= 0.6 is 0 Å². The van der Waals surface area contributed by atoms with E-state index in [1.54, 1.807) is 6.07 Å². The molecule has 0 spiro atoms. The molecule has 1 aromatic rings. The molecule has 0 aromatic heterocycles. The van der Waals surface area contributed by atoms with Crippen molar-refractivity contribution in [1.29, 1.82) is 0 Å². The van der Waals surface area contributed by atoms with Gasteiger partial charge in [0.1, 0.15) is 5.75 Å². The van der Waals surface area contributed by atoms with E-state index in [1.165, 1.54) is 25.3 Å². The second-order valence-corrected chi connectivity index (χ2v) is 4.94. The molecule has 1 rings (SSSR count). The van der Waals surface area contributed by atoms with Gasteiger partial charge in [-0.15, -0.1) is 0 Å². The molecule has 0 aliphatic heterocycles. The van der Waals surface area contributed by atoms with Gasteiger partial charge < -0.3 is 10.5 Å². The fraction of sp³-hybridized carbons (Fsp3) is 0.333. The minimum atomic E-state index is -3.99. The van der Waals surface area contributed by atoms with Gasteiger partial charge in [-0.2, -0.15) is 0 Å². The number of methoxy groups -OCH3 is 1. The molecular formula is C9H12FNO3S. The van der Waals surface area contributed by atoms with Gasteiger partial charge in [-0.3, -0.25) is 0 Å². The number of rotatable bonds is 4. The first-order chi connectivity index (χ1) is 7.02. The smallest absolute Gasteiger partial charge is 0.217 e. The molecule has 0 bridgehead atoms. The lowest BCUT2D eigenvalue weighted by atomic mass is 10.3. The summed E-state index contributed by atoms with van der Waals surface area (Å²) in [6.45, 7) is -0.556. The van der Waals surface area contributed by atoms with E-state index in [1.807, 2.05) is 0 Å². The van der Waals surface area contributed by atoms with Gasteiger partial charge in [-0.25, -0.2) is 12.8 Å². The van der Waals surface area contributed by atoms with Crippen LogP contribution in [0.3, 0.4) is 0 Å². The Morgan fingerprint density at radius 3 is 2.73 bits per heavy atom. The number of hydrogen-bond acceptors (Lipinski definition) is 4. The predicted octanol–water partition coefficient (Wildman–Crippen LogP) is 0.723. The third-order valence-electron chi connectivity index (χ3n) is 1.89. The van der Waals surface area contributed by atoms with Gasteiger partial charge in [0.25, 0.3) is 0 Å². The topological polar surface area (TPSA) is 69.4 Å². The maximum atomic E-state index is 13.1. The normalized spacial score (nSPS) is 13.5. The molecule has 0 fully saturated rings. The molecule has 2 N–H and O–H groups in total. The van der Waals surface area contributed by atoms with Gasteiger partial charge in [-0.1, -0.05) is 6.07 Å². The van der Waals surface area contributed by atoms with E-state index in [0.717, 1.165) is 0 Å². The fourth-order valence-electron chi connectivity index (χ4n) is 1.05. The van der Waals surface area contributed by atoms with Crippen molar-refractivity contribution in [2.75, 3.05) is 13.7 Å². The van der Waals surface area contributed by atoms with Gasteiger partial charge in [0.15, 0.2) is 0 Å². The van der Waals surface area contributed by atoms with Crippen LogP contribution in [-0.4, -0.2) is 27.6 Å². The van der Waals surface area contributed by atoms with Crippen molar-refractivity contribution in [1.82, 2.24) is 0 Å². The molecule has 0 amide bonds. The van der Waals surface area contributed by atoms with Crippen LogP contribution in [0.15, 0.2) is 29.2 Å². The summed E-state index contributed by atoms with van der Waals surface area (Å²) in [5.74, 6) is 0.361. The summed E-state index contributed by atoms with van der Waals surface area (Å²) in [5.41, 5.74) is 2.90. The highest BCUT2D eigenvalue weighted by molar-refractivity contribution is 7.92. The zero-order valence-electron chi connectivity index (χ0n) is 8.18. The minimum Gasteiger partial charge on any atom is -0.497 e. The minimum absolute atomic E-state index is 0.125. The first kappa shape index (κ1) is 11.9. The standard InChI is InChI=1S/C9H12FNO3S/c1-14-7-3-2-4-8(5-7)15(12,13)9(10)6-11/h2-5,9H,6,11H2,1H3. The van der Waals surface area contributed by atoms with Crippen LogP contribution in [0.25, 0.3) is 0 Å². The summed E-state index contributed by atoms with van der Waals surface area (Å²) in [7, 11) is -2.59. The molecule has 1 atom stereocenters. The average Bonchev–Trinajstić information content (AvgIpc) is 2.27. The molecule has 4 nitrogen and oxygen atoms in total. The zero-order valence-corrected chi connectivity index (χ0v) is 9.00. The van der Waals surface area contributed by atoms with Crippen LogP contribution < -0.4 is 10.5 Å². The van der Waals surface area contributed by atoms with Crippen LogP contribution in [0.1, 0.15) is 0 Å². The molecule has 0 aliphatic rings. The Bertz CT molecular complexity index is 433. The molecular weight excluding hydrogens is 221 g/mol. The van der Waals surface area contributed by atoms with E-state index in [2.05, 4.69) is 0 Å². The van der Waals surface area contributed by atoms with E-state index in [0.29, 0.717) is 5.75 Å². The first-order valence-electron chi connectivity index (χ1n) is 4.24. The lowest BCUT2D eigenvalue weighted by Gasteiger charge is -2.08. The SMILES string of the molecule is COc1cccc(S(=O)(=O)C(F)CN)c1. The number of benzene rings is 1. The van der Waals surface area contributed by atoms with E-state index < -0.39 is 21.9 Å². The van der Waals surface area contributed by atoms with Crippen molar-refractivity contribution in [3.63, 3.8) is 0 Å². The molecule has 1 unspecified atom stereocenters. The van der Waals surface area contributed by atoms with Crippen molar-refractivity contribution in [2.24, 2.45) is 5.73 Å². The van der Waals surface area contributed by atoms with Crippen LogP contribution in [0.5, 0.6) is 5.75 Å². The van der Waals surface area contributed by atoms with Gasteiger partial charge in [0.05, 0.1) is 12.0 Å². The molecule has 6 heteroatoms. The predicted molar refractivity (Wildman–Crippen MR) is 54.1 cm³/mol. The number of sulfone groups is 1.